The van der Waals surface area contributed by atoms with E-state index in [9.17, 15) is 4.79 Å². The number of halogens is 2. The average molecular weight is 432 g/mol. The molecule has 148 valence electrons. The van der Waals surface area contributed by atoms with Crippen LogP contribution in [0.25, 0.3) is 0 Å². The minimum Gasteiger partial charge on any atom is -0.373 e. The van der Waals surface area contributed by atoms with Gasteiger partial charge < -0.3 is 14.8 Å². The van der Waals surface area contributed by atoms with E-state index < -0.39 is 0 Å². The summed E-state index contributed by atoms with van der Waals surface area (Å²) in [5.41, 5.74) is 1.44. The molecule has 1 heterocycles. The Kier molecular flexibility index (Phi) is 8.31. The lowest BCUT2D eigenvalue weighted by Gasteiger charge is -2.19. The van der Waals surface area contributed by atoms with Crippen molar-refractivity contribution in [3.05, 3.63) is 44.9 Å². The number of thiazole rings is 1. The third kappa shape index (κ3) is 8.45. The molecule has 0 fully saturated rings. The number of nitrogens with zero attached hydrogens (tertiary/aromatic N) is 1. The summed E-state index contributed by atoms with van der Waals surface area (Å²) in [7, 11) is 0. The van der Waals surface area contributed by atoms with Gasteiger partial charge in [-0.05, 0) is 38.5 Å². The number of nitrogens with one attached hydrogen (secondary N) is 2. The number of ether oxygens (including phenoxy) is 2. The third-order valence-electron chi connectivity index (χ3n) is 3.22. The SMILES string of the molecule is CC(C)(C)OCCOCc1csc(NC(=O)NCc2ccc(Cl)c(Cl)c2)n1. The van der Waals surface area contributed by atoms with Crippen molar-refractivity contribution < 1.29 is 14.3 Å². The van der Waals surface area contributed by atoms with Gasteiger partial charge in [-0.2, -0.15) is 0 Å². The van der Waals surface area contributed by atoms with E-state index in [1.807, 2.05) is 26.2 Å². The molecule has 0 atom stereocenters. The first kappa shape index (κ1) is 21.9. The summed E-state index contributed by atoms with van der Waals surface area (Å²) >= 11 is 13.2. The minimum atomic E-state index is -0.346. The van der Waals surface area contributed by atoms with E-state index >= 15 is 0 Å². The zero-order valence-electron chi connectivity index (χ0n) is 15.5. The van der Waals surface area contributed by atoms with Crippen LogP contribution in [0.2, 0.25) is 10.0 Å². The van der Waals surface area contributed by atoms with E-state index in [2.05, 4.69) is 15.6 Å². The molecular weight excluding hydrogens is 409 g/mol. The monoisotopic (exact) mass is 431 g/mol. The topological polar surface area (TPSA) is 72.5 Å². The third-order valence-corrected chi connectivity index (χ3v) is 4.77. The Morgan fingerprint density at radius 2 is 2.00 bits per heavy atom. The Morgan fingerprint density at radius 3 is 2.70 bits per heavy atom. The van der Waals surface area contributed by atoms with Crippen molar-refractivity contribution in [3.8, 4) is 0 Å². The number of carbonyl (C=O) groups excluding carboxylic acids is 1. The molecule has 0 saturated carbocycles. The van der Waals surface area contributed by atoms with Crippen LogP contribution in [0.3, 0.4) is 0 Å². The zero-order chi connectivity index (χ0) is 19.9. The summed E-state index contributed by atoms with van der Waals surface area (Å²) in [6.45, 7) is 7.71. The summed E-state index contributed by atoms with van der Waals surface area (Å²) in [6.07, 6.45) is 0. The lowest BCUT2D eigenvalue weighted by Crippen LogP contribution is -2.28. The normalized spacial score (nSPS) is 11.4. The van der Waals surface area contributed by atoms with Gasteiger partial charge in [-0.1, -0.05) is 29.3 Å². The van der Waals surface area contributed by atoms with Crippen molar-refractivity contribution in [2.24, 2.45) is 0 Å². The first-order chi connectivity index (χ1) is 12.7. The van der Waals surface area contributed by atoms with Crippen LogP contribution in [-0.2, 0) is 22.6 Å². The van der Waals surface area contributed by atoms with Crippen molar-refractivity contribution in [1.82, 2.24) is 10.3 Å². The molecule has 0 saturated heterocycles. The highest BCUT2D eigenvalue weighted by atomic mass is 35.5. The molecule has 9 heteroatoms. The summed E-state index contributed by atoms with van der Waals surface area (Å²) in [5.74, 6) is 0. The van der Waals surface area contributed by atoms with Gasteiger partial charge in [0.2, 0.25) is 0 Å². The van der Waals surface area contributed by atoms with Crippen LogP contribution in [-0.4, -0.2) is 29.8 Å². The van der Waals surface area contributed by atoms with Gasteiger partial charge in [0.1, 0.15) is 0 Å². The highest BCUT2D eigenvalue weighted by molar-refractivity contribution is 7.13. The van der Waals surface area contributed by atoms with Gasteiger partial charge in [0.05, 0.1) is 41.2 Å². The predicted octanol–water partition coefficient (Wildman–Crippen LogP) is 5.10. The quantitative estimate of drug-likeness (QED) is 0.569. The van der Waals surface area contributed by atoms with Gasteiger partial charge in [0.25, 0.3) is 0 Å². The smallest absolute Gasteiger partial charge is 0.321 e. The number of hydrogen-bond acceptors (Lipinski definition) is 5. The highest BCUT2D eigenvalue weighted by Gasteiger charge is 2.10. The number of urea groups is 1. The van der Waals surface area contributed by atoms with Gasteiger partial charge in [-0.15, -0.1) is 11.3 Å². The number of carbonyl (C=O) groups is 1. The number of hydrogen-bond donors (Lipinski definition) is 2. The lowest BCUT2D eigenvalue weighted by atomic mass is 10.2. The van der Waals surface area contributed by atoms with Crippen molar-refractivity contribution >= 4 is 45.7 Å². The Labute approximate surface area is 173 Å². The molecule has 1 aromatic heterocycles. The fourth-order valence-electron chi connectivity index (χ4n) is 1.99. The van der Waals surface area contributed by atoms with Crippen LogP contribution in [0.1, 0.15) is 32.0 Å². The summed E-state index contributed by atoms with van der Waals surface area (Å²) in [6, 6.07) is 4.86. The molecule has 2 aromatic rings. The number of rotatable bonds is 8. The van der Waals surface area contributed by atoms with Gasteiger partial charge in [0.15, 0.2) is 5.13 Å². The summed E-state index contributed by atoms with van der Waals surface area (Å²) in [5, 5.41) is 8.73. The molecule has 2 amide bonds. The van der Waals surface area contributed by atoms with Crippen molar-refractivity contribution in [2.75, 3.05) is 18.5 Å². The molecule has 2 rings (SSSR count). The van der Waals surface area contributed by atoms with Gasteiger partial charge in [-0.3, -0.25) is 5.32 Å². The first-order valence-corrected chi connectivity index (χ1v) is 10.0. The van der Waals surface area contributed by atoms with E-state index in [4.69, 9.17) is 32.7 Å². The standard InChI is InChI=1S/C18H23Cl2N3O3S/c1-18(2,3)26-7-6-25-10-13-11-27-17(22-13)23-16(24)21-9-12-4-5-14(19)15(20)8-12/h4-5,8,11H,6-7,9-10H2,1-3H3,(H2,21,22,23,24). The van der Waals surface area contributed by atoms with Crippen LogP contribution in [0.15, 0.2) is 23.6 Å². The molecule has 6 nitrogen and oxygen atoms in total. The van der Waals surface area contributed by atoms with E-state index in [0.29, 0.717) is 41.5 Å². The molecule has 0 aliphatic rings. The number of amides is 2. The Bertz CT molecular complexity index is 763. The van der Waals surface area contributed by atoms with E-state index in [-0.39, 0.29) is 11.6 Å². The van der Waals surface area contributed by atoms with Crippen LogP contribution in [0.5, 0.6) is 0 Å². The summed E-state index contributed by atoms with van der Waals surface area (Å²) < 4.78 is 11.1. The van der Waals surface area contributed by atoms with Crippen LogP contribution in [0, 0.1) is 0 Å². The van der Waals surface area contributed by atoms with E-state index in [0.717, 1.165) is 11.3 Å². The van der Waals surface area contributed by atoms with Crippen LogP contribution < -0.4 is 10.6 Å². The number of benzene rings is 1. The molecule has 1 aromatic carbocycles. The highest BCUT2D eigenvalue weighted by Crippen LogP contribution is 2.22. The molecular formula is C18H23Cl2N3O3S. The maximum absolute atomic E-state index is 12.0. The van der Waals surface area contributed by atoms with Crippen molar-refractivity contribution in [1.29, 1.82) is 0 Å². The Balaban J connectivity index is 1.69. The maximum Gasteiger partial charge on any atom is 0.321 e. The fourth-order valence-corrected chi connectivity index (χ4v) is 3.00. The largest absolute Gasteiger partial charge is 0.373 e. The van der Waals surface area contributed by atoms with Gasteiger partial charge in [-0.25, -0.2) is 9.78 Å². The fraction of sp³-hybridized carbons (Fsp3) is 0.444. The molecule has 0 unspecified atom stereocenters. The molecule has 0 bridgehead atoms. The number of aromatic nitrogens is 1. The molecule has 0 aliphatic heterocycles. The second-order valence-corrected chi connectivity index (χ2v) is 8.39. The number of anilines is 1. The molecule has 0 spiro atoms. The maximum atomic E-state index is 12.0. The molecule has 0 aliphatic carbocycles. The Hall–Kier alpha value is -1.38. The van der Waals surface area contributed by atoms with Crippen molar-refractivity contribution in [2.45, 2.75) is 39.5 Å². The average Bonchev–Trinajstić information content (AvgIpc) is 3.02. The summed E-state index contributed by atoms with van der Waals surface area (Å²) in [4.78, 5) is 16.3. The Morgan fingerprint density at radius 1 is 1.22 bits per heavy atom. The van der Waals surface area contributed by atoms with Crippen molar-refractivity contribution in [3.63, 3.8) is 0 Å². The molecule has 2 N–H and O–H groups in total. The second-order valence-electron chi connectivity index (χ2n) is 6.71. The van der Waals surface area contributed by atoms with Gasteiger partial charge >= 0.3 is 6.03 Å². The van der Waals surface area contributed by atoms with Crippen LogP contribution >= 0.6 is 34.5 Å². The first-order valence-electron chi connectivity index (χ1n) is 8.38. The minimum absolute atomic E-state index is 0.175. The lowest BCUT2D eigenvalue weighted by molar-refractivity contribution is -0.0379. The molecule has 27 heavy (non-hydrogen) atoms. The van der Waals surface area contributed by atoms with E-state index in [1.54, 1.807) is 18.2 Å². The van der Waals surface area contributed by atoms with Crippen LogP contribution in [0.4, 0.5) is 9.93 Å². The van der Waals surface area contributed by atoms with E-state index in [1.165, 1.54) is 11.3 Å². The predicted molar refractivity (Wildman–Crippen MR) is 110 cm³/mol. The zero-order valence-corrected chi connectivity index (χ0v) is 17.8. The molecule has 0 radical (unpaired) electrons. The van der Waals surface area contributed by atoms with Gasteiger partial charge in [0, 0.05) is 11.9 Å². The second kappa shape index (κ2) is 10.2.